The molecule has 0 aromatic heterocycles. The van der Waals surface area contributed by atoms with E-state index in [4.69, 9.17) is 9.47 Å². The molecule has 0 aromatic rings. The monoisotopic (exact) mass is 119 g/mol. The summed E-state index contributed by atoms with van der Waals surface area (Å²) >= 11 is 0. The van der Waals surface area contributed by atoms with Crippen LogP contribution in [0.1, 0.15) is 6.92 Å². The highest BCUT2D eigenvalue weighted by atomic mass is 16.7. The van der Waals surface area contributed by atoms with Crippen LogP contribution < -0.4 is 0 Å². The second-order valence-corrected chi connectivity index (χ2v) is 1.38. The lowest BCUT2D eigenvalue weighted by Gasteiger charge is -2.07. The summed E-state index contributed by atoms with van der Waals surface area (Å²) in [6, 6.07) is 0. The third-order valence-corrected chi connectivity index (χ3v) is 0.768. The fourth-order valence-electron chi connectivity index (χ4n) is 0.282. The van der Waals surface area contributed by atoms with Gasteiger partial charge in [0.05, 0.1) is 6.61 Å². The lowest BCUT2D eigenvalue weighted by atomic mass is 10.7. The quantitative estimate of drug-likeness (QED) is 0.503. The molecule has 0 aliphatic rings. The molecule has 0 saturated heterocycles. The molecule has 1 radical (unpaired) electrons. The summed E-state index contributed by atoms with van der Waals surface area (Å²) < 4.78 is 9.50. The van der Waals surface area contributed by atoms with E-state index in [9.17, 15) is 5.11 Å². The summed E-state index contributed by atoms with van der Waals surface area (Å²) in [5, 5.41) is 9.77. The predicted molar refractivity (Wildman–Crippen MR) is 28.0 cm³/mol. The van der Waals surface area contributed by atoms with Crippen LogP contribution in [0.25, 0.3) is 0 Å². The van der Waals surface area contributed by atoms with Crippen LogP contribution in [-0.2, 0) is 14.6 Å². The first kappa shape index (κ1) is 7.88. The maximum atomic E-state index is 9.77. The Morgan fingerprint density at radius 2 is 2.25 bits per heavy atom. The van der Waals surface area contributed by atoms with Crippen molar-refractivity contribution in [2.45, 2.75) is 13.2 Å². The van der Waals surface area contributed by atoms with Gasteiger partial charge in [-0.2, -0.15) is 0 Å². The van der Waals surface area contributed by atoms with Gasteiger partial charge in [-0.25, -0.2) is 5.11 Å². The maximum absolute atomic E-state index is 9.77. The summed E-state index contributed by atoms with van der Waals surface area (Å²) in [4.78, 5) is 0. The molecule has 0 amide bonds. The molecule has 0 aliphatic heterocycles. The smallest absolute Gasteiger partial charge is 0.154 e. The van der Waals surface area contributed by atoms with Crippen molar-refractivity contribution in [1.82, 2.24) is 0 Å². The Kier molecular flexibility index (Phi) is 4.95. The molecule has 0 N–H and O–H groups in total. The number of rotatable bonds is 4. The zero-order chi connectivity index (χ0) is 6.41. The number of ether oxygens (including phenoxy) is 2. The first-order chi connectivity index (χ1) is 3.81. The Balaban J connectivity index is 2.86. The molecule has 3 nitrogen and oxygen atoms in total. The van der Waals surface area contributed by atoms with Gasteiger partial charge in [0.2, 0.25) is 0 Å². The van der Waals surface area contributed by atoms with Crippen molar-refractivity contribution in [2.75, 3.05) is 20.3 Å². The first-order valence-electron chi connectivity index (χ1n) is 2.53. The first-order valence-corrected chi connectivity index (χ1v) is 2.53. The average Bonchev–Trinajstić information content (AvgIpc) is 1.83. The van der Waals surface area contributed by atoms with E-state index < -0.39 is 0 Å². The molecule has 1 atom stereocenters. The van der Waals surface area contributed by atoms with Crippen molar-refractivity contribution < 1.29 is 14.6 Å². The molecule has 0 bridgehead atoms. The molecule has 1 unspecified atom stereocenters. The Labute approximate surface area is 49.2 Å². The lowest BCUT2D eigenvalue weighted by molar-refractivity contribution is -0.121. The minimum absolute atomic E-state index is 0.201. The highest BCUT2D eigenvalue weighted by molar-refractivity contribution is 4.27. The van der Waals surface area contributed by atoms with E-state index in [2.05, 4.69) is 0 Å². The lowest BCUT2D eigenvalue weighted by Crippen LogP contribution is -2.12. The van der Waals surface area contributed by atoms with Crippen LogP contribution in [0.2, 0.25) is 0 Å². The van der Waals surface area contributed by atoms with E-state index in [1.54, 1.807) is 6.92 Å². The molecule has 0 rings (SSSR count). The van der Waals surface area contributed by atoms with Gasteiger partial charge in [-0.1, -0.05) is 0 Å². The van der Waals surface area contributed by atoms with Crippen molar-refractivity contribution >= 4 is 0 Å². The SMILES string of the molecule is COC(C)OCC[O]. The van der Waals surface area contributed by atoms with Crippen molar-refractivity contribution in [3.8, 4) is 0 Å². The van der Waals surface area contributed by atoms with Gasteiger partial charge in [0, 0.05) is 7.11 Å². The van der Waals surface area contributed by atoms with Crippen LogP contribution in [0.15, 0.2) is 0 Å². The Bertz CT molecular complexity index is 46.9. The number of hydrogen-bond donors (Lipinski definition) is 0. The Hall–Kier alpha value is -0.120. The van der Waals surface area contributed by atoms with Crippen LogP contribution in [0.4, 0.5) is 0 Å². The molecular formula is C5H11O3. The van der Waals surface area contributed by atoms with Gasteiger partial charge < -0.3 is 9.47 Å². The van der Waals surface area contributed by atoms with Crippen LogP contribution in [-0.4, -0.2) is 26.6 Å². The minimum Gasteiger partial charge on any atom is -0.356 e. The second-order valence-electron chi connectivity index (χ2n) is 1.38. The van der Waals surface area contributed by atoms with Crippen LogP contribution in [0.5, 0.6) is 0 Å². The van der Waals surface area contributed by atoms with Crippen LogP contribution in [0, 0.1) is 0 Å². The molecule has 0 fully saturated rings. The maximum Gasteiger partial charge on any atom is 0.154 e. The molecule has 0 aromatic carbocycles. The standard InChI is InChI=1S/C5H11O3/c1-5(7-2)8-4-3-6/h5H,3-4H2,1-2H3. The van der Waals surface area contributed by atoms with E-state index >= 15 is 0 Å². The molecule has 49 valence electrons. The highest BCUT2D eigenvalue weighted by Gasteiger charge is 1.94. The third kappa shape index (κ3) is 4.05. The van der Waals surface area contributed by atoms with E-state index in [1.165, 1.54) is 7.11 Å². The molecule has 3 heteroatoms. The Morgan fingerprint density at radius 3 is 2.62 bits per heavy atom. The van der Waals surface area contributed by atoms with E-state index in [0.29, 0.717) is 0 Å². The molecule has 0 aliphatic carbocycles. The van der Waals surface area contributed by atoms with E-state index in [1.807, 2.05) is 0 Å². The fraction of sp³-hybridized carbons (Fsp3) is 1.00. The minimum atomic E-state index is -0.246. The molecule has 0 saturated carbocycles. The zero-order valence-electron chi connectivity index (χ0n) is 5.22. The van der Waals surface area contributed by atoms with Gasteiger partial charge in [0.15, 0.2) is 6.29 Å². The third-order valence-electron chi connectivity index (χ3n) is 0.768. The molecule has 8 heavy (non-hydrogen) atoms. The zero-order valence-corrected chi connectivity index (χ0v) is 5.22. The van der Waals surface area contributed by atoms with Gasteiger partial charge >= 0.3 is 0 Å². The molecule has 0 spiro atoms. The van der Waals surface area contributed by atoms with E-state index in [0.717, 1.165) is 0 Å². The summed E-state index contributed by atoms with van der Waals surface area (Å²) in [6.45, 7) is 1.78. The normalized spacial score (nSPS) is 13.9. The summed E-state index contributed by atoms with van der Waals surface area (Å²) in [6.07, 6.45) is -0.246. The van der Waals surface area contributed by atoms with Gasteiger partial charge in [-0.05, 0) is 6.92 Å². The largest absolute Gasteiger partial charge is 0.356 e. The van der Waals surface area contributed by atoms with Gasteiger partial charge in [0.25, 0.3) is 0 Å². The summed E-state index contributed by atoms with van der Waals surface area (Å²) in [5.41, 5.74) is 0. The number of hydrogen-bond acceptors (Lipinski definition) is 2. The van der Waals surface area contributed by atoms with Crippen molar-refractivity contribution in [3.05, 3.63) is 0 Å². The molecular weight excluding hydrogens is 108 g/mol. The fourth-order valence-corrected chi connectivity index (χ4v) is 0.282. The van der Waals surface area contributed by atoms with Gasteiger partial charge in [-0.15, -0.1) is 0 Å². The predicted octanol–water partition coefficient (Wildman–Crippen LogP) is 0.426. The Morgan fingerprint density at radius 1 is 1.62 bits per heavy atom. The van der Waals surface area contributed by atoms with E-state index in [-0.39, 0.29) is 19.5 Å². The van der Waals surface area contributed by atoms with Crippen LogP contribution >= 0.6 is 0 Å². The van der Waals surface area contributed by atoms with Crippen molar-refractivity contribution in [3.63, 3.8) is 0 Å². The second kappa shape index (κ2) is 5.03. The van der Waals surface area contributed by atoms with Gasteiger partial charge in [0.1, 0.15) is 6.61 Å². The van der Waals surface area contributed by atoms with Crippen molar-refractivity contribution in [2.24, 2.45) is 0 Å². The highest BCUT2D eigenvalue weighted by Crippen LogP contribution is 1.87. The number of methoxy groups -OCH3 is 1. The topological polar surface area (TPSA) is 38.4 Å². The van der Waals surface area contributed by atoms with Crippen molar-refractivity contribution in [1.29, 1.82) is 0 Å². The summed E-state index contributed by atoms with van der Waals surface area (Å²) in [5.74, 6) is 0. The van der Waals surface area contributed by atoms with Gasteiger partial charge in [-0.3, -0.25) is 0 Å². The molecule has 0 heterocycles. The average molecular weight is 119 g/mol. The van der Waals surface area contributed by atoms with Crippen LogP contribution in [0.3, 0.4) is 0 Å². The summed E-state index contributed by atoms with van der Waals surface area (Å²) in [7, 11) is 1.54.